The van der Waals surface area contributed by atoms with Crippen molar-refractivity contribution in [2.45, 2.75) is 6.92 Å². The van der Waals surface area contributed by atoms with Crippen LogP contribution in [0.5, 0.6) is 5.75 Å². The van der Waals surface area contributed by atoms with Crippen molar-refractivity contribution in [2.24, 2.45) is 0 Å². The molecule has 0 aliphatic rings. The minimum Gasteiger partial charge on any atom is -0.496 e. The Bertz CT molecular complexity index is 566. The van der Waals surface area contributed by atoms with Crippen LogP contribution in [0.1, 0.15) is 5.56 Å². The van der Waals surface area contributed by atoms with Gasteiger partial charge in [0.2, 0.25) is 0 Å². The zero-order valence-corrected chi connectivity index (χ0v) is 11.9. The highest BCUT2D eigenvalue weighted by molar-refractivity contribution is 5.67. The van der Waals surface area contributed by atoms with E-state index in [4.69, 9.17) is 4.74 Å². The number of aryl methyl sites for hydroxylation is 1. The number of nitrogens with zero attached hydrogens (tertiary/aromatic N) is 1. The van der Waals surface area contributed by atoms with E-state index in [2.05, 4.69) is 54.5 Å². The highest BCUT2D eigenvalue weighted by Gasteiger charge is 2.06. The molecule has 0 saturated heterocycles. The molecule has 0 atom stereocenters. The third-order valence-corrected chi connectivity index (χ3v) is 3.29. The Morgan fingerprint density at radius 1 is 1.05 bits per heavy atom. The summed E-state index contributed by atoms with van der Waals surface area (Å²) < 4.78 is 5.29. The number of anilines is 3. The predicted octanol–water partition coefficient (Wildman–Crippen LogP) is 3.81. The summed E-state index contributed by atoms with van der Waals surface area (Å²) in [4.78, 5) is 2.16. The normalized spacial score (nSPS) is 10.1. The van der Waals surface area contributed by atoms with Gasteiger partial charge < -0.3 is 15.0 Å². The Balaban J connectivity index is 2.32. The van der Waals surface area contributed by atoms with Gasteiger partial charge in [0.1, 0.15) is 5.75 Å². The second-order valence-electron chi connectivity index (χ2n) is 4.51. The molecule has 0 aliphatic heterocycles. The van der Waals surface area contributed by atoms with Gasteiger partial charge in [-0.05, 0) is 48.9 Å². The molecule has 2 aromatic carbocycles. The van der Waals surface area contributed by atoms with Crippen molar-refractivity contribution in [2.75, 3.05) is 31.4 Å². The zero-order chi connectivity index (χ0) is 13.8. The maximum absolute atomic E-state index is 5.29. The van der Waals surface area contributed by atoms with Crippen molar-refractivity contribution in [1.29, 1.82) is 0 Å². The summed E-state index contributed by atoms with van der Waals surface area (Å²) in [6.45, 7) is 2.06. The van der Waals surface area contributed by atoms with Gasteiger partial charge in [0.25, 0.3) is 0 Å². The number of benzene rings is 2. The Kier molecular flexibility index (Phi) is 3.95. The highest BCUT2D eigenvalue weighted by Crippen LogP contribution is 2.29. The highest BCUT2D eigenvalue weighted by atomic mass is 16.5. The fourth-order valence-electron chi connectivity index (χ4n) is 2.09. The molecule has 1 N–H and O–H groups in total. The third-order valence-electron chi connectivity index (χ3n) is 3.29. The lowest BCUT2D eigenvalue weighted by atomic mass is 10.1. The van der Waals surface area contributed by atoms with Gasteiger partial charge >= 0.3 is 0 Å². The average Bonchev–Trinajstić information content (AvgIpc) is 2.46. The molecule has 0 spiro atoms. The summed E-state index contributed by atoms with van der Waals surface area (Å²) in [6, 6.07) is 14.5. The van der Waals surface area contributed by atoms with E-state index in [-0.39, 0.29) is 0 Å². The number of nitrogens with one attached hydrogen (secondary N) is 1. The molecule has 0 radical (unpaired) electrons. The largest absolute Gasteiger partial charge is 0.496 e. The molecule has 3 nitrogen and oxygen atoms in total. The number of hydrogen-bond donors (Lipinski definition) is 1. The van der Waals surface area contributed by atoms with Crippen molar-refractivity contribution < 1.29 is 4.74 Å². The Morgan fingerprint density at radius 3 is 2.42 bits per heavy atom. The van der Waals surface area contributed by atoms with Gasteiger partial charge in [0.05, 0.1) is 7.11 Å². The molecule has 0 unspecified atom stereocenters. The lowest BCUT2D eigenvalue weighted by Crippen LogP contribution is -2.09. The number of methoxy groups -OCH3 is 1. The smallest absolute Gasteiger partial charge is 0.121 e. The molecule has 0 aliphatic carbocycles. The van der Waals surface area contributed by atoms with E-state index in [1.807, 2.05) is 19.2 Å². The summed E-state index contributed by atoms with van der Waals surface area (Å²) in [7, 11) is 5.69. The summed E-state index contributed by atoms with van der Waals surface area (Å²) in [5.74, 6) is 0.918. The maximum atomic E-state index is 5.29. The Hall–Kier alpha value is -2.16. The van der Waals surface area contributed by atoms with Crippen molar-refractivity contribution in [1.82, 2.24) is 0 Å². The Labute approximate surface area is 114 Å². The summed E-state index contributed by atoms with van der Waals surface area (Å²) >= 11 is 0. The van der Waals surface area contributed by atoms with Gasteiger partial charge in [-0.25, -0.2) is 0 Å². The number of hydrogen-bond acceptors (Lipinski definition) is 3. The van der Waals surface area contributed by atoms with E-state index < -0.39 is 0 Å². The van der Waals surface area contributed by atoms with Gasteiger partial charge in [-0.15, -0.1) is 0 Å². The molecule has 3 heteroatoms. The van der Waals surface area contributed by atoms with Crippen LogP contribution in [0.25, 0.3) is 0 Å². The molecule has 100 valence electrons. The maximum Gasteiger partial charge on any atom is 0.121 e. The standard InChI is InChI=1S/C16H20N2O/c1-12-10-15(8-9-16(12)19-4)18(3)14-7-5-6-13(11-14)17-2/h5-11,17H,1-4H3. The van der Waals surface area contributed by atoms with Crippen LogP contribution in [0.15, 0.2) is 42.5 Å². The molecule has 0 heterocycles. The molecule has 0 bridgehead atoms. The first-order valence-corrected chi connectivity index (χ1v) is 6.32. The predicted molar refractivity (Wildman–Crippen MR) is 81.8 cm³/mol. The monoisotopic (exact) mass is 256 g/mol. The van der Waals surface area contributed by atoms with Gasteiger partial charge in [-0.2, -0.15) is 0 Å². The quantitative estimate of drug-likeness (QED) is 0.900. The zero-order valence-electron chi connectivity index (χ0n) is 11.9. The van der Waals surface area contributed by atoms with Gasteiger partial charge in [-0.3, -0.25) is 0 Å². The molecule has 0 saturated carbocycles. The molecule has 0 aromatic heterocycles. The fraction of sp³-hybridized carbons (Fsp3) is 0.250. The molecular formula is C16H20N2O. The van der Waals surface area contributed by atoms with E-state index in [1.165, 1.54) is 0 Å². The summed E-state index contributed by atoms with van der Waals surface area (Å²) in [5, 5.41) is 3.16. The molecule has 19 heavy (non-hydrogen) atoms. The van der Waals surface area contributed by atoms with E-state index in [9.17, 15) is 0 Å². The number of ether oxygens (including phenoxy) is 1. The second kappa shape index (κ2) is 5.65. The van der Waals surface area contributed by atoms with E-state index in [1.54, 1.807) is 7.11 Å². The van der Waals surface area contributed by atoms with Crippen LogP contribution in [-0.4, -0.2) is 21.2 Å². The van der Waals surface area contributed by atoms with E-state index >= 15 is 0 Å². The van der Waals surface area contributed by atoms with E-state index in [0.717, 1.165) is 28.4 Å². The summed E-state index contributed by atoms with van der Waals surface area (Å²) in [6.07, 6.45) is 0. The van der Waals surface area contributed by atoms with Crippen molar-refractivity contribution in [3.05, 3.63) is 48.0 Å². The van der Waals surface area contributed by atoms with Crippen molar-refractivity contribution >= 4 is 17.1 Å². The minimum atomic E-state index is 0.918. The molecule has 2 aromatic rings. The first kappa shape index (κ1) is 13.3. The van der Waals surface area contributed by atoms with Crippen LogP contribution >= 0.6 is 0 Å². The van der Waals surface area contributed by atoms with Crippen molar-refractivity contribution in [3.8, 4) is 5.75 Å². The summed E-state index contributed by atoms with van der Waals surface area (Å²) in [5.41, 5.74) is 4.54. The van der Waals surface area contributed by atoms with Gasteiger partial charge in [-0.1, -0.05) is 6.07 Å². The van der Waals surface area contributed by atoms with Crippen LogP contribution in [0.3, 0.4) is 0 Å². The first-order valence-electron chi connectivity index (χ1n) is 6.32. The Morgan fingerprint density at radius 2 is 1.79 bits per heavy atom. The third kappa shape index (κ3) is 2.81. The van der Waals surface area contributed by atoms with Gasteiger partial charge in [0.15, 0.2) is 0 Å². The average molecular weight is 256 g/mol. The fourth-order valence-corrected chi connectivity index (χ4v) is 2.09. The lowest BCUT2D eigenvalue weighted by Gasteiger charge is -2.21. The second-order valence-corrected chi connectivity index (χ2v) is 4.51. The van der Waals surface area contributed by atoms with Gasteiger partial charge in [0, 0.05) is 31.2 Å². The molecule has 2 rings (SSSR count). The van der Waals surface area contributed by atoms with Crippen LogP contribution in [0.4, 0.5) is 17.1 Å². The molecule has 0 fully saturated rings. The lowest BCUT2D eigenvalue weighted by molar-refractivity contribution is 0.412. The first-order chi connectivity index (χ1) is 9.15. The van der Waals surface area contributed by atoms with Crippen LogP contribution in [-0.2, 0) is 0 Å². The molecule has 0 amide bonds. The topological polar surface area (TPSA) is 24.5 Å². The van der Waals surface area contributed by atoms with Crippen LogP contribution in [0, 0.1) is 6.92 Å². The van der Waals surface area contributed by atoms with Crippen LogP contribution < -0.4 is 15.0 Å². The number of rotatable bonds is 4. The van der Waals surface area contributed by atoms with E-state index in [0.29, 0.717) is 0 Å². The van der Waals surface area contributed by atoms with Crippen LogP contribution in [0.2, 0.25) is 0 Å². The molecular weight excluding hydrogens is 236 g/mol. The SMILES string of the molecule is CNc1cccc(N(C)c2ccc(OC)c(C)c2)c1. The van der Waals surface area contributed by atoms with Crippen molar-refractivity contribution in [3.63, 3.8) is 0 Å². The minimum absolute atomic E-state index is 0.918.